The minimum atomic E-state index is -0.716. The van der Waals surface area contributed by atoms with Crippen molar-refractivity contribution in [2.45, 2.75) is 105 Å². The fraction of sp³-hybridized carbons (Fsp3) is 0.800. The normalized spacial score (nSPS) is 38.1. The first-order valence-electron chi connectivity index (χ1n) is 13.7. The number of hydrogen-bond donors (Lipinski definition) is 2. The highest BCUT2D eigenvalue weighted by Crippen LogP contribution is 2.59. The van der Waals surface area contributed by atoms with Crippen molar-refractivity contribution in [1.29, 1.82) is 0 Å². The number of ether oxygens (including phenoxy) is 1. The van der Waals surface area contributed by atoms with Crippen LogP contribution in [0.3, 0.4) is 0 Å². The van der Waals surface area contributed by atoms with Crippen LogP contribution >= 0.6 is 0 Å². The molecule has 0 radical (unpaired) electrons. The monoisotopic (exact) mass is 488 g/mol. The first-order chi connectivity index (χ1) is 16.3. The Morgan fingerprint density at radius 2 is 1.89 bits per heavy atom. The highest BCUT2D eigenvalue weighted by molar-refractivity contribution is 6.01. The van der Waals surface area contributed by atoms with E-state index in [0.717, 1.165) is 31.3 Å². The molecule has 0 aromatic heterocycles. The molecule has 0 bridgehead atoms. The number of fused-ring (bicyclic) bond motifs is 1. The Balaban J connectivity index is 1.89. The summed E-state index contributed by atoms with van der Waals surface area (Å²) in [5.74, 6) is 1.01. The topological polar surface area (TPSA) is 83.8 Å². The maximum atomic E-state index is 14.0. The third-order valence-electron chi connectivity index (χ3n) is 10.0. The molecule has 0 aromatic carbocycles. The molecule has 198 valence electrons. The van der Waals surface area contributed by atoms with Crippen molar-refractivity contribution in [2.75, 3.05) is 6.61 Å². The maximum absolute atomic E-state index is 14.0. The summed E-state index contributed by atoms with van der Waals surface area (Å²) in [7, 11) is 0. The van der Waals surface area contributed by atoms with Gasteiger partial charge in [-0.1, -0.05) is 46.8 Å². The Bertz CT molecular complexity index is 844. The molecular weight excluding hydrogens is 440 g/mol. The van der Waals surface area contributed by atoms with Gasteiger partial charge in [0, 0.05) is 18.3 Å². The van der Waals surface area contributed by atoms with Crippen molar-refractivity contribution in [2.24, 2.45) is 40.4 Å². The summed E-state index contributed by atoms with van der Waals surface area (Å²) in [6.45, 7) is 17.0. The molecule has 2 N–H and O–H groups in total. The molecular formula is C30H48O5. The number of ketones is 1. The Morgan fingerprint density at radius 3 is 2.51 bits per heavy atom. The summed E-state index contributed by atoms with van der Waals surface area (Å²) in [5, 5.41) is 21.3. The largest absolute Gasteiger partial charge is 0.466 e. The van der Waals surface area contributed by atoms with Gasteiger partial charge in [0.2, 0.25) is 0 Å². The molecule has 0 unspecified atom stereocenters. The van der Waals surface area contributed by atoms with Gasteiger partial charge >= 0.3 is 5.97 Å². The third kappa shape index (κ3) is 5.61. The lowest BCUT2D eigenvalue weighted by Gasteiger charge is -2.49. The van der Waals surface area contributed by atoms with E-state index in [1.54, 1.807) is 0 Å². The Hall–Kier alpha value is -1.46. The van der Waals surface area contributed by atoms with E-state index in [-0.39, 0.29) is 29.0 Å². The first-order valence-corrected chi connectivity index (χ1v) is 13.7. The van der Waals surface area contributed by atoms with Crippen LogP contribution in [0.1, 0.15) is 92.9 Å². The standard InChI is InChI=1S/C30H48O5/c1-18(2)19(3)8-9-20(4)24-10-11-25(29(24,6)14-15-35-21(5)31)23-17-27(33)26-16-22(32)12-13-30(26,7)28(23)34/h17-18,20,22,24-27,32-33H,3,8-16H2,1-2,4-7H3/t20-,22+,24-,25+,26-,27+,29-,30+/m1/s1. The number of allylic oxidation sites excluding steroid dienone is 2. The number of rotatable bonds is 9. The quantitative estimate of drug-likeness (QED) is 0.324. The molecule has 2 saturated carbocycles. The van der Waals surface area contributed by atoms with E-state index in [1.807, 2.05) is 13.0 Å². The molecule has 3 aliphatic carbocycles. The molecule has 0 spiro atoms. The SMILES string of the molecule is C=C(CC[C@@H](C)[C@H]1CC[C@@H](C2=C[C@H](O)[C@H]3C[C@@H](O)CC[C@]3(C)C2=O)[C@]1(C)CCOC(C)=O)C(C)C. The Morgan fingerprint density at radius 1 is 1.20 bits per heavy atom. The van der Waals surface area contributed by atoms with Crippen molar-refractivity contribution in [3.8, 4) is 0 Å². The lowest BCUT2D eigenvalue weighted by Crippen LogP contribution is -2.52. The van der Waals surface area contributed by atoms with Crippen LogP contribution in [0.2, 0.25) is 0 Å². The zero-order valence-corrected chi connectivity index (χ0v) is 22.8. The molecule has 3 aliphatic rings. The first kappa shape index (κ1) is 28.1. The van der Waals surface area contributed by atoms with Gasteiger partial charge in [0.1, 0.15) is 0 Å². The van der Waals surface area contributed by atoms with Crippen molar-refractivity contribution < 1.29 is 24.5 Å². The smallest absolute Gasteiger partial charge is 0.302 e. The lowest BCUT2D eigenvalue weighted by atomic mass is 9.55. The number of esters is 1. The van der Waals surface area contributed by atoms with Crippen LogP contribution in [0.25, 0.3) is 0 Å². The van der Waals surface area contributed by atoms with E-state index in [9.17, 15) is 19.8 Å². The van der Waals surface area contributed by atoms with Crippen molar-refractivity contribution in [3.63, 3.8) is 0 Å². The molecule has 0 aliphatic heterocycles. The summed E-state index contributed by atoms with van der Waals surface area (Å²) in [6, 6.07) is 0. The number of Topliss-reactive ketones (excluding diaryl/α,β-unsaturated/α-hetero) is 1. The zero-order valence-electron chi connectivity index (χ0n) is 22.8. The van der Waals surface area contributed by atoms with E-state index in [0.29, 0.717) is 50.0 Å². The minimum Gasteiger partial charge on any atom is -0.466 e. The number of carbonyl (C=O) groups is 2. The third-order valence-corrected chi connectivity index (χ3v) is 10.0. The number of aliphatic hydroxyl groups excluding tert-OH is 2. The van der Waals surface area contributed by atoms with Crippen LogP contribution in [0.4, 0.5) is 0 Å². The second kappa shape index (κ2) is 10.9. The molecule has 35 heavy (non-hydrogen) atoms. The molecule has 0 saturated heterocycles. The predicted octanol–water partition coefficient (Wildman–Crippen LogP) is 5.64. The Labute approximate surface area is 212 Å². The average molecular weight is 489 g/mol. The van der Waals surface area contributed by atoms with E-state index in [1.165, 1.54) is 12.5 Å². The maximum Gasteiger partial charge on any atom is 0.302 e. The highest BCUT2D eigenvalue weighted by atomic mass is 16.5. The molecule has 3 rings (SSSR count). The molecule has 8 atom stereocenters. The van der Waals surface area contributed by atoms with E-state index >= 15 is 0 Å². The molecule has 0 aromatic rings. The van der Waals surface area contributed by atoms with Crippen LogP contribution in [0.5, 0.6) is 0 Å². The summed E-state index contributed by atoms with van der Waals surface area (Å²) >= 11 is 0. The van der Waals surface area contributed by atoms with Gasteiger partial charge in [-0.25, -0.2) is 0 Å². The van der Waals surface area contributed by atoms with Gasteiger partial charge in [-0.3, -0.25) is 9.59 Å². The van der Waals surface area contributed by atoms with Gasteiger partial charge in [-0.15, -0.1) is 0 Å². The van der Waals surface area contributed by atoms with Crippen molar-refractivity contribution in [3.05, 3.63) is 23.8 Å². The molecule has 5 heteroatoms. The van der Waals surface area contributed by atoms with Gasteiger partial charge in [-0.05, 0) is 92.1 Å². The zero-order chi connectivity index (χ0) is 26.1. The van der Waals surface area contributed by atoms with Gasteiger partial charge in [-0.2, -0.15) is 0 Å². The van der Waals surface area contributed by atoms with Crippen LogP contribution in [-0.2, 0) is 14.3 Å². The minimum absolute atomic E-state index is 0.0329. The summed E-state index contributed by atoms with van der Waals surface area (Å²) < 4.78 is 5.39. The van der Waals surface area contributed by atoms with Gasteiger partial charge in [0.25, 0.3) is 0 Å². The van der Waals surface area contributed by atoms with Crippen molar-refractivity contribution >= 4 is 11.8 Å². The number of aliphatic hydroxyl groups is 2. The predicted molar refractivity (Wildman–Crippen MR) is 138 cm³/mol. The second-order valence-electron chi connectivity index (χ2n) is 12.6. The Kier molecular flexibility index (Phi) is 8.74. The molecule has 2 fully saturated rings. The summed E-state index contributed by atoms with van der Waals surface area (Å²) in [5.41, 5.74) is 1.23. The van der Waals surface area contributed by atoms with Crippen molar-refractivity contribution in [1.82, 2.24) is 0 Å². The lowest BCUT2D eigenvalue weighted by molar-refractivity contribution is -0.143. The van der Waals surface area contributed by atoms with Crippen LogP contribution < -0.4 is 0 Å². The fourth-order valence-corrected chi connectivity index (χ4v) is 7.49. The highest BCUT2D eigenvalue weighted by Gasteiger charge is 2.56. The number of carbonyl (C=O) groups excluding carboxylic acids is 2. The van der Waals surface area contributed by atoms with Crippen LogP contribution in [-0.4, -0.2) is 40.8 Å². The van der Waals surface area contributed by atoms with Gasteiger partial charge in [0.05, 0.1) is 18.8 Å². The second-order valence-corrected chi connectivity index (χ2v) is 12.6. The van der Waals surface area contributed by atoms with Crippen LogP contribution in [0.15, 0.2) is 23.8 Å². The summed E-state index contributed by atoms with van der Waals surface area (Å²) in [4.78, 5) is 25.5. The fourth-order valence-electron chi connectivity index (χ4n) is 7.49. The van der Waals surface area contributed by atoms with E-state index in [2.05, 4.69) is 34.3 Å². The average Bonchev–Trinajstić information content (AvgIpc) is 3.12. The van der Waals surface area contributed by atoms with E-state index in [4.69, 9.17) is 4.74 Å². The molecule has 0 amide bonds. The molecule has 5 nitrogen and oxygen atoms in total. The summed E-state index contributed by atoms with van der Waals surface area (Å²) in [6.07, 6.45) is 7.04. The number of hydrogen-bond acceptors (Lipinski definition) is 5. The molecule has 0 heterocycles. The van der Waals surface area contributed by atoms with Gasteiger partial charge in [0.15, 0.2) is 5.78 Å². The van der Waals surface area contributed by atoms with E-state index < -0.39 is 17.6 Å². The van der Waals surface area contributed by atoms with Crippen LogP contribution in [0, 0.1) is 40.4 Å². The van der Waals surface area contributed by atoms with Gasteiger partial charge < -0.3 is 14.9 Å².